The zero-order valence-corrected chi connectivity index (χ0v) is 14.3. The maximum absolute atomic E-state index is 12.3. The Bertz CT molecular complexity index is 674. The standard InChI is InChI=1S/C19H24N2O3/c1-13(16-11-15(23-2)9-10-18(16)24-3)21-19(22)12-17(20)14-7-5-4-6-8-14/h4-11,13,17H,12,20H2,1-3H3,(H,21,22). The first kappa shape index (κ1) is 17.8. The lowest BCUT2D eigenvalue weighted by Gasteiger charge is -2.19. The number of benzene rings is 2. The van der Waals surface area contributed by atoms with Crippen LogP contribution in [0.1, 0.15) is 36.6 Å². The maximum atomic E-state index is 12.3. The molecule has 0 saturated heterocycles. The van der Waals surface area contributed by atoms with E-state index in [1.54, 1.807) is 14.2 Å². The summed E-state index contributed by atoms with van der Waals surface area (Å²) in [5, 5.41) is 2.97. The molecule has 0 aliphatic heterocycles. The number of hydrogen-bond acceptors (Lipinski definition) is 4. The van der Waals surface area contributed by atoms with Crippen molar-refractivity contribution in [2.45, 2.75) is 25.4 Å². The average molecular weight is 328 g/mol. The Hall–Kier alpha value is -2.53. The smallest absolute Gasteiger partial charge is 0.222 e. The van der Waals surface area contributed by atoms with E-state index in [1.807, 2.05) is 55.5 Å². The summed E-state index contributed by atoms with van der Waals surface area (Å²) in [4.78, 5) is 12.3. The lowest BCUT2D eigenvalue weighted by Crippen LogP contribution is -2.30. The summed E-state index contributed by atoms with van der Waals surface area (Å²) in [5.41, 5.74) is 7.91. The van der Waals surface area contributed by atoms with Gasteiger partial charge in [-0.25, -0.2) is 0 Å². The maximum Gasteiger partial charge on any atom is 0.222 e. The molecule has 2 aromatic rings. The molecule has 0 aliphatic carbocycles. The van der Waals surface area contributed by atoms with E-state index >= 15 is 0 Å². The third kappa shape index (κ3) is 4.49. The molecule has 0 radical (unpaired) electrons. The molecule has 0 aliphatic rings. The number of carbonyl (C=O) groups is 1. The van der Waals surface area contributed by atoms with Crippen molar-refractivity contribution >= 4 is 5.91 Å². The van der Waals surface area contributed by atoms with Crippen molar-refractivity contribution in [3.63, 3.8) is 0 Å². The molecule has 0 aromatic heterocycles. The van der Waals surface area contributed by atoms with Crippen LogP contribution in [0.2, 0.25) is 0 Å². The molecule has 3 N–H and O–H groups in total. The van der Waals surface area contributed by atoms with Crippen LogP contribution in [0.25, 0.3) is 0 Å². The van der Waals surface area contributed by atoms with Crippen LogP contribution in [0.5, 0.6) is 11.5 Å². The normalized spacial score (nSPS) is 13.0. The van der Waals surface area contributed by atoms with E-state index in [0.29, 0.717) is 11.5 Å². The molecule has 2 atom stereocenters. The number of nitrogens with two attached hydrogens (primary N) is 1. The Morgan fingerprint density at radius 2 is 1.83 bits per heavy atom. The van der Waals surface area contributed by atoms with Gasteiger partial charge in [0, 0.05) is 18.0 Å². The first-order chi connectivity index (χ1) is 11.5. The van der Waals surface area contributed by atoms with Crippen LogP contribution in [0, 0.1) is 0 Å². The minimum atomic E-state index is -0.328. The predicted molar refractivity (Wildman–Crippen MR) is 94.1 cm³/mol. The highest BCUT2D eigenvalue weighted by Crippen LogP contribution is 2.29. The summed E-state index contributed by atoms with van der Waals surface area (Å²) in [7, 11) is 3.21. The predicted octanol–water partition coefficient (Wildman–Crippen LogP) is 2.97. The molecule has 0 heterocycles. The Balaban J connectivity index is 2.03. The van der Waals surface area contributed by atoms with E-state index < -0.39 is 0 Å². The number of methoxy groups -OCH3 is 2. The molecule has 5 nitrogen and oxygen atoms in total. The van der Waals surface area contributed by atoms with Crippen molar-refractivity contribution in [3.05, 3.63) is 59.7 Å². The molecular formula is C19H24N2O3. The van der Waals surface area contributed by atoms with E-state index in [0.717, 1.165) is 11.1 Å². The topological polar surface area (TPSA) is 73.6 Å². The van der Waals surface area contributed by atoms with Crippen molar-refractivity contribution in [3.8, 4) is 11.5 Å². The van der Waals surface area contributed by atoms with E-state index in [1.165, 1.54) is 0 Å². The van der Waals surface area contributed by atoms with Crippen LogP contribution >= 0.6 is 0 Å². The quantitative estimate of drug-likeness (QED) is 0.819. The van der Waals surface area contributed by atoms with Gasteiger partial charge in [-0.2, -0.15) is 0 Å². The molecular weight excluding hydrogens is 304 g/mol. The Labute approximate surface area is 142 Å². The number of rotatable bonds is 7. The third-order valence-corrected chi connectivity index (χ3v) is 3.91. The number of nitrogens with one attached hydrogen (secondary N) is 1. The van der Waals surface area contributed by atoms with Crippen molar-refractivity contribution < 1.29 is 14.3 Å². The van der Waals surface area contributed by atoms with Crippen LogP contribution in [0.3, 0.4) is 0 Å². The largest absolute Gasteiger partial charge is 0.497 e. The number of carbonyl (C=O) groups excluding carboxylic acids is 1. The molecule has 0 spiro atoms. The van der Waals surface area contributed by atoms with Gasteiger partial charge >= 0.3 is 0 Å². The second kappa shape index (κ2) is 8.36. The van der Waals surface area contributed by atoms with E-state index in [2.05, 4.69) is 5.32 Å². The van der Waals surface area contributed by atoms with E-state index in [4.69, 9.17) is 15.2 Å². The molecule has 2 unspecified atom stereocenters. The molecule has 128 valence electrons. The highest BCUT2D eigenvalue weighted by Gasteiger charge is 2.17. The van der Waals surface area contributed by atoms with Crippen molar-refractivity contribution in [1.29, 1.82) is 0 Å². The fourth-order valence-corrected chi connectivity index (χ4v) is 2.57. The van der Waals surface area contributed by atoms with Crippen LogP contribution in [-0.4, -0.2) is 20.1 Å². The van der Waals surface area contributed by atoms with Crippen molar-refractivity contribution in [2.24, 2.45) is 5.73 Å². The molecule has 24 heavy (non-hydrogen) atoms. The molecule has 0 fully saturated rings. The van der Waals surface area contributed by atoms with Crippen LogP contribution in [0.15, 0.2) is 48.5 Å². The summed E-state index contributed by atoms with van der Waals surface area (Å²) in [5.74, 6) is 1.31. The lowest BCUT2D eigenvalue weighted by atomic mass is 10.0. The minimum absolute atomic E-state index is 0.108. The zero-order chi connectivity index (χ0) is 17.5. The molecule has 5 heteroatoms. The number of ether oxygens (including phenoxy) is 2. The van der Waals surface area contributed by atoms with Crippen LogP contribution in [-0.2, 0) is 4.79 Å². The number of hydrogen-bond donors (Lipinski definition) is 2. The minimum Gasteiger partial charge on any atom is -0.497 e. The fourth-order valence-electron chi connectivity index (χ4n) is 2.57. The van der Waals surface area contributed by atoms with Gasteiger partial charge in [-0.3, -0.25) is 4.79 Å². The van der Waals surface area contributed by atoms with Gasteiger partial charge in [0.1, 0.15) is 11.5 Å². The average Bonchev–Trinajstić information content (AvgIpc) is 2.61. The first-order valence-electron chi connectivity index (χ1n) is 7.87. The van der Waals surface area contributed by atoms with Gasteiger partial charge in [-0.1, -0.05) is 30.3 Å². The van der Waals surface area contributed by atoms with Gasteiger partial charge in [0.05, 0.1) is 20.3 Å². The van der Waals surface area contributed by atoms with E-state index in [9.17, 15) is 4.79 Å². The van der Waals surface area contributed by atoms with Gasteiger partial charge in [0.25, 0.3) is 0 Å². The van der Waals surface area contributed by atoms with Crippen molar-refractivity contribution in [1.82, 2.24) is 5.32 Å². The van der Waals surface area contributed by atoms with Gasteiger partial charge in [-0.05, 0) is 30.7 Å². The third-order valence-electron chi connectivity index (χ3n) is 3.91. The molecule has 0 bridgehead atoms. The van der Waals surface area contributed by atoms with Crippen LogP contribution < -0.4 is 20.5 Å². The lowest BCUT2D eigenvalue weighted by molar-refractivity contribution is -0.122. The first-order valence-corrected chi connectivity index (χ1v) is 7.87. The monoisotopic (exact) mass is 328 g/mol. The SMILES string of the molecule is COc1ccc(OC)c(C(C)NC(=O)CC(N)c2ccccc2)c1. The Kier molecular flexibility index (Phi) is 6.21. The summed E-state index contributed by atoms with van der Waals surface area (Å²) in [6, 6.07) is 14.6. The van der Waals surface area contributed by atoms with Gasteiger partial charge < -0.3 is 20.5 Å². The highest BCUT2D eigenvalue weighted by atomic mass is 16.5. The summed E-state index contributed by atoms with van der Waals surface area (Å²) in [6.45, 7) is 1.91. The summed E-state index contributed by atoms with van der Waals surface area (Å²) >= 11 is 0. The van der Waals surface area contributed by atoms with Gasteiger partial charge in [0.2, 0.25) is 5.91 Å². The molecule has 1 amide bonds. The zero-order valence-electron chi connectivity index (χ0n) is 14.3. The molecule has 2 rings (SSSR count). The molecule has 0 saturated carbocycles. The van der Waals surface area contributed by atoms with Crippen molar-refractivity contribution in [2.75, 3.05) is 14.2 Å². The second-order valence-electron chi connectivity index (χ2n) is 5.62. The molecule has 2 aromatic carbocycles. The van der Waals surface area contributed by atoms with Gasteiger partial charge in [-0.15, -0.1) is 0 Å². The summed E-state index contributed by atoms with van der Waals surface area (Å²) in [6.07, 6.45) is 0.223. The van der Waals surface area contributed by atoms with E-state index in [-0.39, 0.29) is 24.4 Å². The Morgan fingerprint density at radius 3 is 2.46 bits per heavy atom. The number of amides is 1. The summed E-state index contributed by atoms with van der Waals surface area (Å²) < 4.78 is 10.6. The van der Waals surface area contributed by atoms with Crippen LogP contribution in [0.4, 0.5) is 0 Å². The fraction of sp³-hybridized carbons (Fsp3) is 0.316. The second-order valence-corrected chi connectivity index (χ2v) is 5.62. The van der Waals surface area contributed by atoms with Gasteiger partial charge in [0.15, 0.2) is 0 Å². The highest BCUT2D eigenvalue weighted by molar-refractivity contribution is 5.77. The Morgan fingerprint density at radius 1 is 1.12 bits per heavy atom.